The van der Waals surface area contributed by atoms with Gasteiger partial charge in [-0.05, 0) is 23.6 Å². The Hall–Kier alpha value is -2.18. The second-order valence-electron chi connectivity index (χ2n) is 4.40. The summed E-state index contributed by atoms with van der Waals surface area (Å²) >= 11 is 3.15. The Morgan fingerprint density at radius 3 is 2.86 bits per heavy atom. The highest BCUT2D eigenvalue weighted by atomic mass is 32.1. The van der Waals surface area contributed by atoms with Crippen molar-refractivity contribution in [2.45, 2.75) is 6.42 Å². The summed E-state index contributed by atoms with van der Waals surface area (Å²) in [5.74, 6) is -0.137. The number of phenols is 1. The van der Waals surface area contributed by atoms with E-state index >= 15 is 0 Å². The molecule has 6 heteroatoms. The van der Waals surface area contributed by atoms with Crippen LogP contribution < -0.4 is 5.32 Å². The van der Waals surface area contributed by atoms with Crippen LogP contribution in [0, 0.1) is 0 Å². The van der Waals surface area contributed by atoms with Gasteiger partial charge >= 0.3 is 0 Å². The van der Waals surface area contributed by atoms with Crippen LogP contribution in [0.2, 0.25) is 0 Å². The minimum Gasteiger partial charge on any atom is -0.506 e. The zero-order chi connectivity index (χ0) is 14.7. The van der Waals surface area contributed by atoms with Gasteiger partial charge in [-0.3, -0.25) is 4.79 Å². The molecule has 0 fully saturated rings. The lowest BCUT2D eigenvalue weighted by molar-refractivity contribution is -0.115. The third kappa shape index (κ3) is 3.29. The van der Waals surface area contributed by atoms with Gasteiger partial charge in [0, 0.05) is 16.3 Å². The third-order valence-electron chi connectivity index (χ3n) is 2.84. The van der Waals surface area contributed by atoms with E-state index in [1.54, 1.807) is 29.5 Å². The van der Waals surface area contributed by atoms with Crippen LogP contribution in [-0.2, 0) is 11.2 Å². The van der Waals surface area contributed by atoms with Gasteiger partial charge in [0.15, 0.2) is 0 Å². The number of rotatable bonds is 4. The Kier molecular flexibility index (Phi) is 3.98. The second kappa shape index (κ2) is 6.07. The summed E-state index contributed by atoms with van der Waals surface area (Å²) in [4.78, 5) is 16.4. The van der Waals surface area contributed by atoms with E-state index in [2.05, 4.69) is 10.3 Å². The molecule has 0 saturated carbocycles. The van der Waals surface area contributed by atoms with Gasteiger partial charge in [0.2, 0.25) is 5.91 Å². The summed E-state index contributed by atoms with van der Waals surface area (Å²) in [5, 5.41) is 19.1. The minimum atomic E-state index is -0.196. The van der Waals surface area contributed by atoms with Crippen LogP contribution in [0.25, 0.3) is 10.6 Å². The molecule has 106 valence electrons. The van der Waals surface area contributed by atoms with Crippen molar-refractivity contribution < 1.29 is 9.90 Å². The topological polar surface area (TPSA) is 62.2 Å². The number of thiophene rings is 1. The molecule has 1 amide bonds. The second-order valence-corrected chi connectivity index (χ2v) is 6.04. The zero-order valence-electron chi connectivity index (χ0n) is 10.9. The zero-order valence-corrected chi connectivity index (χ0v) is 12.6. The summed E-state index contributed by atoms with van der Waals surface area (Å²) in [6.07, 6.45) is 0.189. The van der Waals surface area contributed by atoms with Crippen molar-refractivity contribution in [2.24, 2.45) is 0 Å². The number of benzene rings is 1. The van der Waals surface area contributed by atoms with Crippen LogP contribution in [-0.4, -0.2) is 16.0 Å². The largest absolute Gasteiger partial charge is 0.506 e. The first kappa shape index (κ1) is 13.8. The first-order chi connectivity index (χ1) is 10.2. The van der Waals surface area contributed by atoms with Crippen LogP contribution in [0.5, 0.6) is 5.75 Å². The molecule has 0 saturated heterocycles. The fourth-order valence-corrected chi connectivity index (χ4v) is 3.38. The molecule has 0 spiro atoms. The monoisotopic (exact) mass is 316 g/mol. The lowest BCUT2D eigenvalue weighted by Crippen LogP contribution is -2.14. The van der Waals surface area contributed by atoms with E-state index in [9.17, 15) is 9.90 Å². The maximum atomic E-state index is 12.0. The van der Waals surface area contributed by atoms with Crippen LogP contribution >= 0.6 is 22.7 Å². The number of carbonyl (C=O) groups is 1. The van der Waals surface area contributed by atoms with Gasteiger partial charge in [-0.1, -0.05) is 12.1 Å². The molecule has 0 aliphatic heterocycles. The predicted molar refractivity (Wildman–Crippen MR) is 85.9 cm³/mol. The molecule has 0 atom stereocenters. The van der Waals surface area contributed by atoms with Crippen LogP contribution in [0.3, 0.4) is 0 Å². The van der Waals surface area contributed by atoms with Crippen LogP contribution in [0.15, 0.2) is 46.5 Å². The van der Waals surface area contributed by atoms with Crippen molar-refractivity contribution >= 4 is 34.3 Å². The average molecular weight is 316 g/mol. The Morgan fingerprint density at radius 1 is 1.24 bits per heavy atom. The van der Waals surface area contributed by atoms with E-state index < -0.39 is 0 Å². The van der Waals surface area contributed by atoms with E-state index in [1.807, 2.05) is 22.2 Å². The van der Waals surface area contributed by atoms with Gasteiger partial charge < -0.3 is 10.4 Å². The summed E-state index contributed by atoms with van der Waals surface area (Å²) in [5.41, 5.74) is 2.22. The van der Waals surface area contributed by atoms with E-state index in [-0.39, 0.29) is 18.1 Å². The predicted octanol–water partition coefficient (Wildman–Crippen LogP) is 3.76. The number of amides is 1. The summed E-state index contributed by atoms with van der Waals surface area (Å²) in [6.45, 7) is 0. The number of aromatic hydroxyl groups is 1. The van der Waals surface area contributed by atoms with Crippen molar-refractivity contribution in [3.8, 4) is 16.3 Å². The summed E-state index contributed by atoms with van der Waals surface area (Å²) in [6, 6.07) is 8.67. The quantitative estimate of drug-likeness (QED) is 0.720. The molecule has 21 heavy (non-hydrogen) atoms. The van der Waals surface area contributed by atoms with E-state index in [0.29, 0.717) is 5.69 Å². The number of nitrogens with zero attached hydrogens (tertiary/aromatic N) is 1. The summed E-state index contributed by atoms with van der Waals surface area (Å²) < 4.78 is 0. The molecule has 2 aromatic heterocycles. The molecular formula is C15H12N2O2S2. The van der Waals surface area contributed by atoms with Gasteiger partial charge in [-0.25, -0.2) is 4.98 Å². The highest BCUT2D eigenvalue weighted by Gasteiger charge is 2.10. The Balaban J connectivity index is 1.67. The van der Waals surface area contributed by atoms with E-state index in [0.717, 1.165) is 16.3 Å². The maximum absolute atomic E-state index is 12.0. The van der Waals surface area contributed by atoms with Gasteiger partial charge in [-0.15, -0.1) is 11.3 Å². The molecule has 0 bridgehead atoms. The number of anilines is 1. The number of para-hydroxylation sites is 2. The van der Waals surface area contributed by atoms with Crippen molar-refractivity contribution in [1.29, 1.82) is 0 Å². The number of nitrogens with one attached hydrogen (secondary N) is 1. The Morgan fingerprint density at radius 2 is 2.10 bits per heavy atom. The SMILES string of the molecule is O=C(Cc1csc(-c2ccsc2)n1)Nc1ccccc1O. The first-order valence-corrected chi connectivity index (χ1v) is 8.09. The van der Waals surface area contributed by atoms with Crippen LogP contribution in [0.1, 0.15) is 5.69 Å². The van der Waals surface area contributed by atoms with Crippen LogP contribution in [0.4, 0.5) is 5.69 Å². The lowest BCUT2D eigenvalue weighted by Gasteiger charge is -2.05. The molecule has 4 nitrogen and oxygen atoms in total. The average Bonchev–Trinajstić information content (AvgIpc) is 3.12. The number of hydrogen-bond acceptors (Lipinski definition) is 5. The molecule has 0 aliphatic rings. The number of aromatic nitrogens is 1. The van der Waals surface area contributed by atoms with Gasteiger partial charge in [-0.2, -0.15) is 11.3 Å². The number of thiazole rings is 1. The smallest absolute Gasteiger partial charge is 0.230 e. The molecule has 0 radical (unpaired) electrons. The highest BCUT2D eigenvalue weighted by molar-refractivity contribution is 7.14. The lowest BCUT2D eigenvalue weighted by atomic mass is 10.2. The molecular weight excluding hydrogens is 304 g/mol. The van der Waals surface area contributed by atoms with Crippen molar-refractivity contribution in [3.05, 3.63) is 52.2 Å². The number of phenolic OH excluding ortho intramolecular Hbond substituents is 1. The molecule has 2 heterocycles. The molecule has 3 aromatic rings. The van der Waals surface area contributed by atoms with E-state index in [4.69, 9.17) is 0 Å². The maximum Gasteiger partial charge on any atom is 0.230 e. The van der Waals surface area contributed by atoms with Crippen molar-refractivity contribution in [1.82, 2.24) is 4.98 Å². The fourth-order valence-electron chi connectivity index (χ4n) is 1.85. The fraction of sp³-hybridized carbons (Fsp3) is 0.0667. The standard InChI is InChI=1S/C15H12N2O2S2/c18-13-4-2-1-3-12(13)17-14(19)7-11-9-21-15(16-11)10-5-6-20-8-10/h1-6,8-9,18H,7H2,(H,17,19). The van der Waals surface area contributed by atoms with Gasteiger partial charge in [0.1, 0.15) is 10.8 Å². The number of carbonyl (C=O) groups excluding carboxylic acids is 1. The van der Waals surface area contributed by atoms with Crippen molar-refractivity contribution in [3.63, 3.8) is 0 Å². The first-order valence-electron chi connectivity index (χ1n) is 6.27. The highest BCUT2D eigenvalue weighted by Crippen LogP contribution is 2.26. The van der Waals surface area contributed by atoms with Gasteiger partial charge in [0.05, 0.1) is 17.8 Å². The van der Waals surface area contributed by atoms with Gasteiger partial charge in [0.25, 0.3) is 0 Å². The molecule has 0 aliphatic carbocycles. The molecule has 0 unspecified atom stereocenters. The summed E-state index contributed by atoms with van der Waals surface area (Å²) in [7, 11) is 0. The third-order valence-corrected chi connectivity index (χ3v) is 4.46. The van der Waals surface area contributed by atoms with Crippen molar-refractivity contribution in [2.75, 3.05) is 5.32 Å². The Labute approximate surface area is 129 Å². The molecule has 3 rings (SSSR count). The number of hydrogen-bond donors (Lipinski definition) is 2. The Bertz CT molecular complexity index is 751. The minimum absolute atomic E-state index is 0.0584. The molecule has 2 N–H and O–H groups in total. The molecule has 1 aromatic carbocycles. The van der Waals surface area contributed by atoms with E-state index in [1.165, 1.54) is 17.4 Å². The normalized spacial score (nSPS) is 10.5.